The summed E-state index contributed by atoms with van der Waals surface area (Å²) >= 11 is 1.06. The lowest BCUT2D eigenvalue weighted by Crippen LogP contribution is -2.21. The van der Waals surface area contributed by atoms with Crippen molar-refractivity contribution in [2.75, 3.05) is 5.75 Å². The predicted molar refractivity (Wildman–Crippen MR) is 66.3 cm³/mol. The lowest BCUT2D eigenvalue weighted by Gasteiger charge is -2.21. The van der Waals surface area contributed by atoms with E-state index in [-0.39, 0.29) is 16.7 Å². The zero-order valence-electron chi connectivity index (χ0n) is 10.1. The van der Waals surface area contributed by atoms with Gasteiger partial charge in [-0.1, -0.05) is 32.5 Å². The van der Waals surface area contributed by atoms with Crippen LogP contribution in [0.15, 0.2) is 22.2 Å². The van der Waals surface area contributed by atoms with E-state index in [9.17, 15) is 9.59 Å². The molecule has 1 aromatic heterocycles. The number of nitrogens with zero attached hydrogens (tertiary/aromatic N) is 2. The van der Waals surface area contributed by atoms with Crippen LogP contribution in [0.2, 0.25) is 0 Å². The number of aromatic nitrogens is 2. The molecule has 94 valence electrons. The smallest absolute Gasteiger partial charge is 0.313 e. The first-order chi connectivity index (χ1) is 7.78. The van der Waals surface area contributed by atoms with Crippen LogP contribution < -0.4 is 5.56 Å². The lowest BCUT2D eigenvalue weighted by molar-refractivity contribution is -0.133. The molecular weight excluding hydrogens is 240 g/mol. The number of rotatable bonds is 4. The molecular formula is C11H16N2O3S. The Hall–Kier alpha value is -1.30. The van der Waals surface area contributed by atoms with Gasteiger partial charge in [0.2, 0.25) is 0 Å². The van der Waals surface area contributed by atoms with E-state index in [2.05, 4.69) is 25.8 Å². The van der Waals surface area contributed by atoms with E-state index in [0.717, 1.165) is 11.8 Å². The third-order valence-corrected chi connectivity index (χ3v) is 2.79. The second-order valence-corrected chi connectivity index (χ2v) is 5.86. The van der Waals surface area contributed by atoms with Crippen LogP contribution in [0.4, 0.5) is 0 Å². The van der Waals surface area contributed by atoms with Crippen molar-refractivity contribution in [3.63, 3.8) is 0 Å². The number of aliphatic carboxylic acids is 1. The minimum atomic E-state index is -0.921. The second-order valence-electron chi connectivity index (χ2n) is 4.92. The Kier molecular flexibility index (Phi) is 4.34. The number of carbonyl (C=O) groups is 1. The van der Waals surface area contributed by atoms with Gasteiger partial charge >= 0.3 is 5.97 Å². The van der Waals surface area contributed by atoms with Crippen LogP contribution in [-0.2, 0) is 11.3 Å². The maximum atomic E-state index is 11.2. The summed E-state index contributed by atoms with van der Waals surface area (Å²) < 4.78 is 1.81. The van der Waals surface area contributed by atoms with Gasteiger partial charge in [0.15, 0.2) is 5.16 Å². The highest BCUT2D eigenvalue weighted by Crippen LogP contribution is 2.20. The summed E-state index contributed by atoms with van der Waals surface area (Å²) in [5, 5.41) is 9.09. The first-order valence-electron chi connectivity index (χ1n) is 5.20. The highest BCUT2D eigenvalue weighted by molar-refractivity contribution is 7.99. The molecule has 0 aromatic carbocycles. The highest BCUT2D eigenvalue weighted by atomic mass is 32.2. The Bertz CT molecular complexity index is 463. The van der Waals surface area contributed by atoms with Crippen molar-refractivity contribution in [2.45, 2.75) is 32.5 Å². The Morgan fingerprint density at radius 1 is 1.53 bits per heavy atom. The molecule has 0 amide bonds. The third-order valence-electron chi connectivity index (χ3n) is 1.82. The summed E-state index contributed by atoms with van der Waals surface area (Å²) in [6.45, 7) is 6.88. The first-order valence-corrected chi connectivity index (χ1v) is 6.18. The highest BCUT2D eigenvalue weighted by Gasteiger charge is 2.14. The van der Waals surface area contributed by atoms with Gasteiger partial charge < -0.3 is 9.67 Å². The van der Waals surface area contributed by atoms with E-state index in [1.165, 1.54) is 6.07 Å². The average molecular weight is 256 g/mol. The van der Waals surface area contributed by atoms with Gasteiger partial charge in [-0.05, 0) is 5.41 Å². The molecule has 6 heteroatoms. The van der Waals surface area contributed by atoms with Crippen molar-refractivity contribution in [1.29, 1.82) is 0 Å². The normalized spacial score (nSPS) is 11.5. The summed E-state index contributed by atoms with van der Waals surface area (Å²) in [7, 11) is 0. The SMILES string of the molecule is CC(C)(C)Cn1ccc(=O)nc1SCC(=O)O. The van der Waals surface area contributed by atoms with Gasteiger partial charge in [0.25, 0.3) is 5.56 Å². The zero-order valence-corrected chi connectivity index (χ0v) is 11.0. The molecule has 0 bridgehead atoms. The van der Waals surface area contributed by atoms with Gasteiger partial charge in [0.05, 0.1) is 5.75 Å². The molecule has 0 aliphatic carbocycles. The molecule has 0 unspecified atom stereocenters. The van der Waals surface area contributed by atoms with Crippen LogP contribution in [0, 0.1) is 5.41 Å². The number of carboxylic acids is 1. The molecule has 0 radical (unpaired) electrons. The fraction of sp³-hybridized carbons (Fsp3) is 0.545. The Balaban J connectivity index is 2.95. The lowest BCUT2D eigenvalue weighted by atomic mass is 9.97. The zero-order chi connectivity index (χ0) is 13.1. The molecule has 1 heterocycles. The topological polar surface area (TPSA) is 72.2 Å². The maximum Gasteiger partial charge on any atom is 0.313 e. The third kappa shape index (κ3) is 5.04. The largest absolute Gasteiger partial charge is 0.481 e. The first kappa shape index (κ1) is 13.8. The molecule has 0 spiro atoms. The Morgan fingerprint density at radius 3 is 2.71 bits per heavy atom. The standard InChI is InChI=1S/C11H16N2O3S/c1-11(2,3)7-13-5-4-8(14)12-10(13)17-6-9(15)16/h4-5H,6-7H2,1-3H3,(H,15,16). The molecule has 17 heavy (non-hydrogen) atoms. The Labute approximate surface area is 104 Å². The molecule has 0 aliphatic heterocycles. The number of hydrogen-bond acceptors (Lipinski definition) is 4. The van der Waals surface area contributed by atoms with E-state index in [4.69, 9.17) is 5.11 Å². The maximum absolute atomic E-state index is 11.2. The molecule has 1 aromatic rings. The van der Waals surface area contributed by atoms with Crippen molar-refractivity contribution >= 4 is 17.7 Å². The second kappa shape index (κ2) is 5.35. The molecule has 0 aliphatic rings. The van der Waals surface area contributed by atoms with Crippen LogP contribution in [0.5, 0.6) is 0 Å². The van der Waals surface area contributed by atoms with Crippen molar-refractivity contribution in [1.82, 2.24) is 9.55 Å². The summed E-state index contributed by atoms with van der Waals surface area (Å²) in [5.74, 6) is -1.02. The number of hydrogen-bond donors (Lipinski definition) is 1. The van der Waals surface area contributed by atoms with Crippen LogP contribution in [0.1, 0.15) is 20.8 Å². The molecule has 0 saturated heterocycles. The monoisotopic (exact) mass is 256 g/mol. The minimum absolute atomic E-state index is 0.0370. The van der Waals surface area contributed by atoms with Gasteiger partial charge in [0.1, 0.15) is 0 Å². The summed E-state index contributed by atoms with van der Waals surface area (Å²) in [6.07, 6.45) is 1.66. The van der Waals surface area contributed by atoms with Crippen molar-refractivity contribution in [2.24, 2.45) is 5.41 Å². The quantitative estimate of drug-likeness (QED) is 0.652. The molecule has 0 saturated carbocycles. The van der Waals surface area contributed by atoms with Crippen LogP contribution in [-0.4, -0.2) is 26.4 Å². The molecule has 1 rings (SSSR count). The van der Waals surface area contributed by atoms with Crippen LogP contribution >= 0.6 is 11.8 Å². The summed E-state index contributed by atoms with van der Waals surface area (Å²) in [6, 6.07) is 1.39. The average Bonchev–Trinajstić information content (AvgIpc) is 2.16. The summed E-state index contributed by atoms with van der Waals surface area (Å²) in [4.78, 5) is 25.5. The Morgan fingerprint density at radius 2 is 2.18 bits per heavy atom. The molecule has 5 nitrogen and oxygen atoms in total. The molecule has 0 atom stereocenters. The van der Waals surface area contributed by atoms with Crippen molar-refractivity contribution in [3.05, 3.63) is 22.6 Å². The van der Waals surface area contributed by atoms with E-state index in [0.29, 0.717) is 11.7 Å². The van der Waals surface area contributed by atoms with Gasteiger partial charge in [-0.25, -0.2) is 0 Å². The minimum Gasteiger partial charge on any atom is -0.481 e. The fourth-order valence-corrected chi connectivity index (χ4v) is 1.98. The van der Waals surface area contributed by atoms with E-state index >= 15 is 0 Å². The fourth-order valence-electron chi connectivity index (χ4n) is 1.29. The van der Waals surface area contributed by atoms with Gasteiger partial charge in [-0.3, -0.25) is 9.59 Å². The predicted octanol–water partition coefficient (Wildman–Crippen LogP) is 1.47. The van der Waals surface area contributed by atoms with E-state index in [1.807, 2.05) is 4.57 Å². The van der Waals surface area contributed by atoms with E-state index < -0.39 is 5.97 Å². The van der Waals surface area contributed by atoms with Crippen LogP contribution in [0.25, 0.3) is 0 Å². The van der Waals surface area contributed by atoms with Crippen molar-refractivity contribution < 1.29 is 9.90 Å². The molecule has 0 fully saturated rings. The van der Waals surface area contributed by atoms with Gasteiger partial charge in [-0.15, -0.1) is 0 Å². The van der Waals surface area contributed by atoms with E-state index in [1.54, 1.807) is 6.20 Å². The molecule has 1 N–H and O–H groups in total. The van der Waals surface area contributed by atoms with Gasteiger partial charge in [0, 0.05) is 18.8 Å². The van der Waals surface area contributed by atoms with Crippen LogP contribution in [0.3, 0.4) is 0 Å². The number of carboxylic acid groups (broad SMARTS) is 1. The number of thioether (sulfide) groups is 1. The van der Waals surface area contributed by atoms with Crippen molar-refractivity contribution in [3.8, 4) is 0 Å². The van der Waals surface area contributed by atoms with Gasteiger partial charge in [-0.2, -0.15) is 4.98 Å². The summed E-state index contributed by atoms with van der Waals surface area (Å²) in [5.41, 5.74) is -0.307.